The smallest absolute Gasteiger partial charge is 0.328 e. The number of benzene rings is 2. The average molecular weight is 348 g/mol. The van der Waals surface area contributed by atoms with E-state index >= 15 is 0 Å². The van der Waals surface area contributed by atoms with Crippen LogP contribution in [0.4, 0.5) is 0 Å². The SMILES string of the molecule is CCC(NCc1cccc(Br)c1)(C(=O)O)c1ccccc1. The first-order chi connectivity index (χ1) is 10.1. The first-order valence-corrected chi connectivity index (χ1v) is 7.66. The molecule has 4 heteroatoms. The highest BCUT2D eigenvalue weighted by molar-refractivity contribution is 9.10. The van der Waals surface area contributed by atoms with Crippen molar-refractivity contribution in [1.29, 1.82) is 0 Å². The number of halogens is 1. The Morgan fingerprint density at radius 1 is 1.19 bits per heavy atom. The second-order valence-corrected chi connectivity index (χ2v) is 5.83. The van der Waals surface area contributed by atoms with Crippen molar-refractivity contribution in [2.45, 2.75) is 25.4 Å². The largest absolute Gasteiger partial charge is 0.480 e. The van der Waals surface area contributed by atoms with Gasteiger partial charge in [0.05, 0.1) is 0 Å². The second-order valence-electron chi connectivity index (χ2n) is 4.91. The molecule has 0 saturated heterocycles. The first-order valence-electron chi connectivity index (χ1n) is 6.87. The third-order valence-electron chi connectivity index (χ3n) is 3.65. The molecule has 0 aliphatic rings. The Balaban J connectivity index is 2.27. The summed E-state index contributed by atoms with van der Waals surface area (Å²) in [6.45, 7) is 2.38. The van der Waals surface area contributed by atoms with E-state index in [2.05, 4.69) is 21.2 Å². The lowest BCUT2D eigenvalue weighted by Crippen LogP contribution is -2.48. The fourth-order valence-electron chi connectivity index (χ4n) is 2.40. The van der Waals surface area contributed by atoms with E-state index in [1.54, 1.807) is 0 Å². The molecule has 21 heavy (non-hydrogen) atoms. The molecule has 0 bridgehead atoms. The van der Waals surface area contributed by atoms with Crippen LogP contribution in [0.1, 0.15) is 24.5 Å². The Bertz CT molecular complexity index is 615. The lowest BCUT2D eigenvalue weighted by molar-refractivity contribution is -0.145. The monoisotopic (exact) mass is 347 g/mol. The van der Waals surface area contributed by atoms with Crippen LogP contribution in [0.25, 0.3) is 0 Å². The minimum Gasteiger partial charge on any atom is -0.480 e. The Labute approximate surface area is 133 Å². The van der Waals surface area contributed by atoms with Crippen molar-refractivity contribution in [3.63, 3.8) is 0 Å². The second kappa shape index (κ2) is 6.87. The van der Waals surface area contributed by atoms with Crippen LogP contribution in [0.5, 0.6) is 0 Å². The molecule has 2 rings (SSSR count). The quantitative estimate of drug-likeness (QED) is 0.832. The number of rotatable bonds is 6. The highest BCUT2D eigenvalue weighted by atomic mass is 79.9. The van der Waals surface area contributed by atoms with Gasteiger partial charge in [-0.1, -0.05) is 65.3 Å². The van der Waals surface area contributed by atoms with Gasteiger partial charge in [0, 0.05) is 11.0 Å². The Kier molecular flexibility index (Phi) is 5.15. The number of carboxylic acids is 1. The topological polar surface area (TPSA) is 49.3 Å². The molecule has 1 atom stereocenters. The van der Waals surface area contributed by atoms with Gasteiger partial charge >= 0.3 is 5.97 Å². The Morgan fingerprint density at radius 3 is 2.48 bits per heavy atom. The molecule has 0 radical (unpaired) electrons. The van der Waals surface area contributed by atoms with E-state index in [0.717, 1.165) is 15.6 Å². The maximum Gasteiger partial charge on any atom is 0.328 e. The molecule has 0 aromatic heterocycles. The van der Waals surface area contributed by atoms with E-state index in [0.29, 0.717) is 13.0 Å². The zero-order chi connectivity index (χ0) is 15.3. The summed E-state index contributed by atoms with van der Waals surface area (Å²) in [5, 5.41) is 13.0. The molecular formula is C17H18BrNO2. The standard InChI is InChI=1S/C17H18BrNO2/c1-2-17(16(20)21,14-8-4-3-5-9-14)19-12-13-7-6-10-15(18)11-13/h3-11,19H,2,12H2,1H3,(H,20,21). The average Bonchev–Trinajstić information content (AvgIpc) is 2.49. The molecule has 0 fully saturated rings. The molecule has 2 aromatic rings. The molecule has 0 amide bonds. The highest BCUT2D eigenvalue weighted by Gasteiger charge is 2.37. The van der Waals surface area contributed by atoms with Crippen molar-refractivity contribution in [2.24, 2.45) is 0 Å². The summed E-state index contributed by atoms with van der Waals surface area (Å²) in [4.78, 5) is 11.9. The van der Waals surface area contributed by atoms with Gasteiger partial charge in [-0.25, -0.2) is 4.79 Å². The molecule has 0 aliphatic carbocycles. The van der Waals surface area contributed by atoms with Crippen molar-refractivity contribution in [2.75, 3.05) is 0 Å². The number of hydrogen-bond donors (Lipinski definition) is 2. The maximum atomic E-state index is 11.9. The van der Waals surface area contributed by atoms with Gasteiger partial charge in [0.25, 0.3) is 0 Å². The minimum absolute atomic E-state index is 0.473. The van der Waals surface area contributed by atoms with E-state index in [4.69, 9.17) is 0 Å². The van der Waals surface area contributed by atoms with E-state index in [1.807, 2.05) is 61.5 Å². The van der Waals surface area contributed by atoms with E-state index in [9.17, 15) is 9.90 Å². The van der Waals surface area contributed by atoms with Crippen LogP contribution >= 0.6 is 15.9 Å². The fraction of sp³-hybridized carbons (Fsp3) is 0.235. The summed E-state index contributed by atoms with van der Waals surface area (Å²) < 4.78 is 0.985. The van der Waals surface area contributed by atoms with Gasteiger partial charge in [-0.15, -0.1) is 0 Å². The normalized spacial score (nSPS) is 13.6. The van der Waals surface area contributed by atoms with Crippen molar-refractivity contribution in [3.05, 3.63) is 70.2 Å². The predicted molar refractivity (Wildman–Crippen MR) is 87.0 cm³/mol. The molecule has 2 N–H and O–H groups in total. The number of hydrogen-bond acceptors (Lipinski definition) is 2. The van der Waals surface area contributed by atoms with Crippen molar-refractivity contribution in [3.8, 4) is 0 Å². The Hall–Kier alpha value is -1.65. The van der Waals surface area contributed by atoms with Crippen molar-refractivity contribution >= 4 is 21.9 Å². The van der Waals surface area contributed by atoms with Crippen LogP contribution < -0.4 is 5.32 Å². The molecule has 3 nitrogen and oxygen atoms in total. The lowest BCUT2D eigenvalue weighted by atomic mass is 9.87. The minimum atomic E-state index is -1.07. The van der Waals surface area contributed by atoms with Gasteiger partial charge in [-0.2, -0.15) is 0 Å². The van der Waals surface area contributed by atoms with E-state index < -0.39 is 11.5 Å². The number of carbonyl (C=O) groups is 1. The molecule has 110 valence electrons. The first kappa shape index (κ1) is 15.7. The van der Waals surface area contributed by atoms with Gasteiger partial charge in [-0.3, -0.25) is 5.32 Å². The van der Waals surface area contributed by atoms with E-state index in [-0.39, 0.29) is 0 Å². The number of nitrogens with one attached hydrogen (secondary N) is 1. The fourth-order valence-corrected chi connectivity index (χ4v) is 2.85. The molecule has 2 aromatic carbocycles. The summed E-state index contributed by atoms with van der Waals surface area (Å²) >= 11 is 3.43. The van der Waals surface area contributed by atoms with Crippen molar-refractivity contribution < 1.29 is 9.90 Å². The summed E-state index contributed by atoms with van der Waals surface area (Å²) in [6.07, 6.45) is 0.473. The third kappa shape index (κ3) is 3.52. The van der Waals surface area contributed by atoms with E-state index in [1.165, 1.54) is 0 Å². The summed E-state index contributed by atoms with van der Waals surface area (Å²) in [5.41, 5.74) is 0.748. The van der Waals surface area contributed by atoms with Crippen LogP contribution in [-0.2, 0) is 16.9 Å². The van der Waals surface area contributed by atoms with Crippen molar-refractivity contribution in [1.82, 2.24) is 5.32 Å². The molecule has 0 saturated carbocycles. The highest BCUT2D eigenvalue weighted by Crippen LogP contribution is 2.26. The van der Waals surface area contributed by atoms with Gasteiger partial charge in [0.2, 0.25) is 0 Å². The lowest BCUT2D eigenvalue weighted by Gasteiger charge is -2.30. The number of carboxylic acid groups (broad SMARTS) is 1. The molecular weight excluding hydrogens is 330 g/mol. The van der Waals surface area contributed by atoms with Gasteiger partial charge in [0.15, 0.2) is 0 Å². The van der Waals surface area contributed by atoms with Crippen LogP contribution in [0, 0.1) is 0 Å². The van der Waals surface area contributed by atoms with Gasteiger partial charge in [0.1, 0.15) is 5.54 Å². The van der Waals surface area contributed by atoms with Crippen LogP contribution in [0.3, 0.4) is 0 Å². The predicted octanol–water partition coefficient (Wildman–Crippen LogP) is 3.93. The molecule has 0 aliphatic heterocycles. The Morgan fingerprint density at radius 2 is 1.90 bits per heavy atom. The summed E-state index contributed by atoms with van der Waals surface area (Å²) in [5.74, 6) is -0.855. The maximum absolute atomic E-state index is 11.9. The van der Waals surface area contributed by atoms with Crippen LogP contribution in [-0.4, -0.2) is 11.1 Å². The van der Waals surface area contributed by atoms with Crippen LogP contribution in [0.2, 0.25) is 0 Å². The number of aliphatic carboxylic acids is 1. The zero-order valence-electron chi connectivity index (χ0n) is 11.8. The molecule has 1 unspecified atom stereocenters. The summed E-state index contributed by atoms with van der Waals surface area (Å²) in [6, 6.07) is 17.2. The van der Waals surface area contributed by atoms with Gasteiger partial charge < -0.3 is 5.11 Å². The molecule has 0 heterocycles. The summed E-state index contributed by atoms with van der Waals surface area (Å²) in [7, 11) is 0. The molecule has 0 spiro atoms. The van der Waals surface area contributed by atoms with Crippen LogP contribution in [0.15, 0.2) is 59.1 Å². The van der Waals surface area contributed by atoms with Gasteiger partial charge in [-0.05, 0) is 29.7 Å². The third-order valence-corrected chi connectivity index (χ3v) is 4.14. The zero-order valence-corrected chi connectivity index (χ0v) is 13.4.